The Hall–Kier alpha value is -1.77. The van der Waals surface area contributed by atoms with E-state index < -0.39 is 5.97 Å². The van der Waals surface area contributed by atoms with Gasteiger partial charge < -0.3 is 9.15 Å². The van der Waals surface area contributed by atoms with Gasteiger partial charge in [-0.05, 0) is 36.6 Å². The van der Waals surface area contributed by atoms with Crippen LogP contribution in [0.2, 0.25) is 0 Å². The summed E-state index contributed by atoms with van der Waals surface area (Å²) in [7, 11) is 0. The summed E-state index contributed by atoms with van der Waals surface area (Å²) in [5.41, 5.74) is 1.95. The Labute approximate surface area is 100 Å². The lowest BCUT2D eigenvalue weighted by molar-refractivity contribution is 0.0492. The molecule has 2 rings (SSSR count). The molecule has 0 fully saturated rings. The highest BCUT2D eigenvalue weighted by molar-refractivity contribution is 5.92. The average molecular weight is 232 g/mol. The Morgan fingerprint density at radius 3 is 2.76 bits per heavy atom. The number of benzene rings is 1. The minimum atomic E-state index is -0.408. The molecule has 0 bridgehead atoms. The van der Waals surface area contributed by atoms with Gasteiger partial charge in [-0.1, -0.05) is 19.9 Å². The van der Waals surface area contributed by atoms with Gasteiger partial charge in [-0.15, -0.1) is 0 Å². The van der Waals surface area contributed by atoms with Gasteiger partial charge in [0.05, 0.1) is 6.61 Å². The number of hydrogen-bond acceptors (Lipinski definition) is 3. The molecule has 17 heavy (non-hydrogen) atoms. The lowest BCUT2D eigenvalue weighted by Crippen LogP contribution is -2.02. The van der Waals surface area contributed by atoms with Crippen molar-refractivity contribution in [2.24, 2.45) is 0 Å². The Balaban J connectivity index is 2.40. The molecule has 0 aliphatic heterocycles. The fourth-order valence-corrected chi connectivity index (χ4v) is 1.72. The molecule has 1 aromatic heterocycles. The van der Waals surface area contributed by atoms with Crippen LogP contribution in [0.15, 0.2) is 28.7 Å². The molecule has 90 valence electrons. The summed E-state index contributed by atoms with van der Waals surface area (Å²) >= 11 is 0. The zero-order valence-corrected chi connectivity index (χ0v) is 10.3. The van der Waals surface area contributed by atoms with Crippen LogP contribution in [0.3, 0.4) is 0 Å². The Bertz CT molecular complexity index is 537. The predicted octanol–water partition coefficient (Wildman–Crippen LogP) is 3.73. The number of esters is 1. The van der Waals surface area contributed by atoms with E-state index in [4.69, 9.17) is 9.15 Å². The SMILES string of the molecule is CCOC(=O)c1cc2cc(C(C)C)ccc2o1. The molecule has 0 aliphatic carbocycles. The van der Waals surface area contributed by atoms with Crippen molar-refractivity contribution < 1.29 is 13.9 Å². The van der Waals surface area contributed by atoms with Crippen molar-refractivity contribution in [1.82, 2.24) is 0 Å². The number of carbonyl (C=O) groups excluding carboxylic acids is 1. The molecule has 3 nitrogen and oxygen atoms in total. The molecule has 0 spiro atoms. The van der Waals surface area contributed by atoms with Crippen LogP contribution in [0.1, 0.15) is 42.8 Å². The van der Waals surface area contributed by atoms with Crippen molar-refractivity contribution in [3.63, 3.8) is 0 Å². The molecule has 0 amide bonds. The van der Waals surface area contributed by atoms with Crippen molar-refractivity contribution >= 4 is 16.9 Å². The first kappa shape index (κ1) is 11.7. The van der Waals surface area contributed by atoms with Crippen LogP contribution in [0.5, 0.6) is 0 Å². The standard InChI is InChI=1S/C14H16O3/c1-4-16-14(15)13-8-11-7-10(9(2)3)5-6-12(11)17-13/h5-9H,4H2,1-3H3. The molecule has 0 aliphatic rings. The third-order valence-corrected chi connectivity index (χ3v) is 2.68. The number of hydrogen-bond donors (Lipinski definition) is 0. The van der Waals surface area contributed by atoms with E-state index in [1.54, 1.807) is 13.0 Å². The molecule has 1 heterocycles. The van der Waals surface area contributed by atoms with Gasteiger partial charge >= 0.3 is 5.97 Å². The minimum absolute atomic E-state index is 0.266. The summed E-state index contributed by atoms with van der Waals surface area (Å²) < 4.78 is 10.3. The van der Waals surface area contributed by atoms with Crippen LogP contribution in [0.4, 0.5) is 0 Å². The number of rotatable bonds is 3. The second kappa shape index (κ2) is 4.62. The second-order valence-corrected chi connectivity index (χ2v) is 4.28. The highest BCUT2D eigenvalue weighted by Gasteiger charge is 2.13. The number of furan rings is 1. The van der Waals surface area contributed by atoms with Crippen molar-refractivity contribution in [1.29, 1.82) is 0 Å². The smallest absolute Gasteiger partial charge is 0.374 e. The van der Waals surface area contributed by atoms with Gasteiger partial charge in [0.25, 0.3) is 0 Å². The maximum Gasteiger partial charge on any atom is 0.374 e. The monoisotopic (exact) mass is 232 g/mol. The van der Waals surface area contributed by atoms with E-state index in [9.17, 15) is 4.79 Å². The molecule has 0 atom stereocenters. The van der Waals surface area contributed by atoms with E-state index in [2.05, 4.69) is 13.8 Å². The molecule has 0 saturated carbocycles. The zero-order chi connectivity index (χ0) is 12.4. The van der Waals surface area contributed by atoms with E-state index in [1.807, 2.05) is 18.2 Å². The van der Waals surface area contributed by atoms with Crippen LogP contribution in [-0.2, 0) is 4.74 Å². The molecule has 0 unspecified atom stereocenters. The number of ether oxygens (including phenoxy) is 1. The van der Waals surface area contributed by atoms with E-state index in [0.29, 0.717) is 12.5 Å². The number of fused-ring (bicyclic) bond motifs is 1. The molecule has 1 aromatic carbocycles. The lowest BCUT2D eigenvalue weighted by Gasteiger charge is -2.03. The molecule has 0 N–H and O–H groups in total. The third-order valence-electron chi connectivity index (χ3n) is 2.68. The molecular formula is C14H16O3. The maximum atomic E-state index is 11.5. The second-order valence-electron chi connectivity index (χ2n) is 4.28. The summed E-state index contributed by atoms with van der Waals surface area (Å²) in [5.74, 6) is 0.317. The first-order valence-electron chi connectivity index (χ1n) is 5.82. The highest BCUT2D eigenvalue weighted by Crippen LogP contribution is 2.24. The fourth-order valence-electron chi connectivity index (χ4n) is 1.72. The normalized spacial score (nSPS) is 11.1. The summed E-state index contributed by atoms with van der Waals surface area (Å²) in [5, 5.41) is 0.944. The van der Waals surface area contributed by atoms with Crippen LogP contribution in [0.25, 0.3) is 11.0 Å². The van der Waals surface area contributed by atoms with Crippen LogP contribution in [0, 0.1) is 0 Å². The largest absolute Gasteiger partial charge is 0.460 e. The van der Waals surface area contributed by atoms with E-state index >= 15 is 0 Å². The summed E-state index contributed by atoms with van der Waals surface area (Å²) in [6.45, 7) is 6.39. The lowest BCUT2D eigenvalue weighted by atomic mass is 10.0. The van der Waals surface area contributed by atoms with Crippen molar-refractivity contribution in [3.8, 4) is 0 Å². The van der Waals surface area contributed by atoms with Gasteiger partial charge in [-0.2, -0.15) is 0 Å². The Kier molecular flexibility index (Phi) is 3.18. The quantitative estimate of drug-likeness (QED) is 0.757. The summed E-state index contributed by atoms with van der Waals surface area (Å²) in [4.78, 5) is 11.5. The van der Waals surface area contributed by atoms with Gasteiger partial charge in [0, 0.05) is 5.39 Å². The van der Waals surface area contributed by atoms with Crippen LogP contribution in [-0.4, -0.2) is 12.6 Å². The summed E-state index contributed by atoms with van der Waals surface area (Å²) in [6.07, 6.45) is 0. The number of carbonyl (C=O) groups is 1. The topological polar surface area (TPSA) is 39.4 Å². The molecule has 0 radical (unpaired) electrons. The minimum Gasteiger partial charge on any atom is -0.460 e. The highest BCUT2D eigenvalue weighted by atomic mass is 16.5. The van der Waals surface area contributed by atoms with E-state index in [-0.39, 0.29) is 5.76 Å². The van der Waals surface area contributed by atoms with Crippen LogP contribution >= 0.6 is 0 Å². The third kappa shape index (κ3) is 2.33. The fraction of sp³-hybridized carbons (Fsp3) is 0.357. The predicted molar refractivity (Wildman–Crippen MR) is 66.3 cm³/mol. The Morgan fingerprint density at radius 2 is 2.12 bits per heavy atom. The first-order valence-corrected chi connectivity index (χ1v) is 5.82. The van der Waals surface area contributed by atoms with Gasteiger partial charge in [-0.25, -0.2) is 4.79 Å². The molecular weight excluding hydrogens is 216 g/mol. The average Bonchev–Trinajstić information content (AvgIpc) is 2.71. The molecule has 3 heteroatoms. The Morgan fingerprint density at radius 1 is 1.35 bits per heavy atom. The van der Waals surface area contributed by atoms with Crippen LogP contribution < -0.4 is 0 Å². The van der Waals surface area contributed by atoms with Crippen molar-refractivity contribution in [2.75, 3.05) is 6.61 Å². The van der Waals surface area contributed by atoms with Gasteiger partial charge in [-0.3, -0.25) is 0 Å². The van der Waals surface area contributed by atoms with Crippen molar-refractivity contribution in [3.05, 3.63) is 35.6 Å². The molecule has 0 saturated heterocycles. The molecule has 2 aromatic rings. The van der Waals surface area contributed by atoms with Gasteiger partial charge in [0.15, 0.2) is 0 Å². The maximum absolute atomic E-state index is 11.5. The van der Waals surface area contributed by atoms with Gasteiger partial charge in [0.2, 0.25) is 5.76 Å². The van der Waals surface area contributed by atoms with E-state index in [1.165, 1.54) is 5.56 Å². The van der Waals surface area contributed by atoms with Gasteiger partial charge in [0.1, 0.15) is 5.58 Å². The summed E-state index contributed by atoms with van der Waals surface area (Å²) in [6, 6.07) is 7.70. The van der Waals surface area contributed by atoms with Crippen molar-refractivity contribution in [2.45, 2.75) is 26.7 Å². The first-order chi connectivity index (χ1) is 8.11. The zero-order valence-electron chi connectivity index (χ0n) is 10.3. The van der Waals surface area contributed by atoms with E-state index in [0.717, 1.165) is 11.0 Å².